The standard InChI is InChI=1S/C10H9N3/c1-8(5-6-11)10-4-2-3-9(7-12)13-10/h2-4,8H,5H2,1H3. The molecule has 13 heavy (non-hydrogen) atoms. The van der Waals surface area contributed by atoms with Crippen molar-refractivity contribution in [3.05, 3.63) is 29.6 Å². The molecular weight excluding hydrogens is 162 g/mol. The lowest BCUT2D eigenvalue weighted by Crippen LogP contribution is -1.97. The van der Waals surface area contributed by atoms with E-state index in [1.165, 1.54) is 0 Å². The predicted molar refractivity (Wildman–Crippen MR) is 47.6 cm³/mol. The zero-order valence-electron chi connectivity index (χ0n) is 7.36. The van der Waals surface area contributed by atoms with Crippen LogP contribution in [0.2, 0.25) is 0 Å². The monoisotopic (exact) mass is 171 g/mol. The van der Waals surface area contributed by atoms with Crippen molar-refractivity contribution in [1.29, 1.82) is 10.5 Å². The number of nitrogens with zero attached hydrogens (tertiary/aromatic N) is 3. The van der Waals surface area contributed by atoms with E-state index >= 15 is 0 Å². The summed E-state index contributed by atoms with van der Waals surface area (Å²) in [5.74, 6) is 0.0956. The van der Waals surface area contributed by atoms with Gasteiger partial charge in [-0.05, 0) is 12.1 Å². The lowest BCUT2D eigenvalue weighted by Gasteiger charge is -2.05. The van der Waals surface area contributed by atoms with E-state index in [9.17, 15) is 0 Å². The van der Waals surface area contributed by atoms with Crippen LogP contribution in [0.4, 0.5) is 0 Å². The Bertz CT molecular complexity index is 370. The van der Waals surface area contributed by atoms with E-state index in [2.05, 4.69) is 11.1 Å². The van der Waals surface area contributed by atoms with Crippen molar-refractivity contribution in [3.63, 3.8) is 0 Å². The fourth-order valence-corrected chi connectivity index (χ4v) is 1.03. The molecule has 0 N–H and O–H groups in total. The van der Waals surface area contributed by atoms with Crippen molar-refractivity contribution >= 4 is 0 Å². The molecule has 0 radical (unpaired) electrons. The number of rotatable bonds is 2. The van der Waals surface area contributed by atoms with Crippen LogP contribution in [0.15, 0.2) is 18.2 Å². The Kier molecular flexibility index (Phi) is 3.00. The van der Waals surface area contributed by atoms with E-state index in [0.29, 0.717) is 12.1 Å². The minimum atomic E-state index is 0.0956. The number of nitriles is 2. The minimum Gasteiger partial charge on any atom is -0.242 e. The minimum absolute atomic E-state index is 0.0956. The Balaban J connectivity index is 2.91. The zero-order chi connectivity index (χ0) is 9.68. The average molecular weight is 171 g/mol. The fraction of sp³-hybridized carbons (Fsp3) is 0.300. The van der Waals surface area contributed by atoms with E-state index in [0.717, 1.165) is 5.69 Å². The van der Waals surface area contributed by atoms with Gasteiger partial charge in [-0.3, -0.25) is 0 Å². The highest BCUT2D eigenvalue weighted by atomic mass is 14.7. The zero-order valence-corrected chi connectivity index (χ0v) is 7.36. The highest BCUT2D eigenvalue weighted by molar-refractivity contribution is 5.23. The maximum atomic E-state index is 8.60. The molecule has 1 aromatic heterocycles. The first-order valence-electron chi connectivity index (χ1n) is 4.02. The Morgan fingerprint density at radius 3 is 2.85 bits per heavy atom. The fourth-order valence-electron chi connectivity index (χ4n) is 1.03. The first-order valence-corrected chi connectivity index (χ1v) is 4.02. The van der Waals surface area contributed by atoms with Crippen molar-refractivity contribution in [2.24, 2.45) is 0 Å². The van der Waals surface area contributed by atoms with E-state index < -0.39 is 0 Å². The molecule has 0 bridgehead atoms. The Morgan fingerprint density at radius 1 is 1.46 bits per heavy atom. The van der Waals surface area contributed by atoms with Gasteiger partial charge in [-0.2, -0.15) is 10.5 Å². The summed E-state index contributed by atoms with van der Waals surface area (Å²) in [7, 11) is 0. The molecule has 3 heteroatoms. The van der Waals surface area contributed by atoms with Gasteiger partial charge >= 0.3 is 0 Å². The molecule has 0 aliphatic rings. The highest BCUT2D eigenvalue weighted by Crippen LogP contribution is 2.15. The van der Waals surface area contributed by atoms with Crippen LogP contribution < -0.4 is 0 Å². The van der Waals surface area contributed by atoms with E-state index in [-0.39, 0.29) is 5.92 Å². The van der Waals surface area contributed by atoms with Gasteiger partial charge in [0.1, 0.15) is 11.8 Å². The van der Waals surface area contributed by atoms with E-state index in [1.807, 2.05) is 19.1 Å². The van der Waals surface area contributed by atoms with E-state index in [1.54, 1.807) is 12.1 Å². The van der Waals surface area contributed by atoms with Crippen LogP contribution in [0.3, 0.4) is 0 Å². The Morgan fingerprint density at radius 2 is 2.23 bits per heavy atom. The van der Waals surface area contributed by atoms with Crippen LogP contribution in [-0.4, -0.2) is 4.98 Å². The van der Waals surface area contributed by atoms with Crippen LogP contribution in [0, 0.1) is 22.7 Å². The van der Waals surface area contributed by atoms with Gasteiger partial charge in [-0.1, -0.05) is 13.0 Å². The third kappa shape index (κ3) is 2.28. The van der Waals surface area contributed by atoms with Gasteiger partial charge in [0.25, 0.3) is 0 Å². The summed E-state index contributed by atoms with van der Waals surface area (Å²) in [6.45, 7) is 1.92. The Labute approximate surface area is 77.3 Å². The van der Waals surface area contributed by atoms with Gasteiger partial charge in [0, 0.05) is 18.0 Å². The molecule has 0 fully saturated rings. The van der Waals surface area contributed by atoms with Crippen LogP contribution in [0.25, 0.3) is 0 Å². The van der Waals surface area contributed by atoms with Gasteiger partial charge in [0.05, 0.1) is 6.07 Å². The molecule has 0 amide bonds. The molecule has 1 unspecified atom stereocenters. The lowest BCUT2D eigenvalue weighted by molar-refractivity contribution is 0.755. The largest absolute Gasteiger partial charge is 0.242 e. The molecular formula is C10H9N3. The molecule has 0 aliphatic carbocycles. The summed E-state index contributed by atoms with van der Waals surface area (Å²) in [4.78, 5) is 4.10. The number of aromatic nitrogens is 1. The van der Waals surface area contributed by atoms with Crippen LogP contribution in [0.5, 0.6) is 0 Å². The third-order valence-electron chi connectivity index (χ3n) is 1.79. The van der Waals surface area contributed by atoms with Gasteiger partial charge in [0.15, 0.2) is 0 Å². The topological polar surface area (TPSA) is 60.5 Å². The predicted octanol–water partition coefficient (Wildman–Crippen LogP) is 1.97. The smallest absolute Gasteiger partial charge is 0.140 e. The van der Waals surface area contributed by atoms with Crippen molar-refractivity contribution < 1.29 is 0 Å². The van der Waals surface area contributed by atoms with Gasteiger partial charge in [-0.25, -0.2) is 4.98 Å². The molecule has 1 aromatic rings. The molecule has 3 nitrogen and oxygen atoms in total. The second kappa shape index (κ2) is 4.23. The highest BCUT2D eigenvalue weighted by Gasteiger charge is 2.06. The van der Waals surface area contributed by atoms with Crippen molar-refractivity contribution in [1.82, 2.24) is 4.98 Å². The van der Waals surface area contributed by atoms with E-state index in [4.69, 9.17) is 10.5 Å². The van der Waals surface area contributed by atoms with Gasteiger partial charge < -0.3 is 0 Å². The van der Waals surface area contributed by atoms with Crippen LogP contribution >= 0.6 is 0 Å². The molecule has 1 atom stereocenters. The molecule has 64 valence electrons. The molecule has 0 saturated carbocycles. The molecule has 0 spiro atoms. The van der Waals surface area contributed by atoms with Crippen LogP contribution in [-0.2, 0) is 0 Å². The number of hydrogen-bond acceptors (Lipinski definition) is 3. The molecule has 1 heterocycles. The van der Waals surface area contributed by atoms with Crippen LogP contribution in [0.1, 0.15) is 30.7 Å². The van der Waals surface area contributed by atoms with Gasteiger partial charge in [-0.15, -0.1) is 0 Å². The summed E-state index contributed by atoms with van der Waals surface area (Å²) < 4.78 is 0. The number of hydrogen-bond donors (Lipinski definition) is 0. The van der Waals surface area contributed by atoms with Crippen molar-refractivity contribution in [3.8, 4) is 12.1 Å². The summed E-state index contributed by atoms with van der Waals surface area (Å²) >= 11 is 0. The first-order chi connectivity index (χ1) is 6.27. The normalized spacial score (nSPS) is 11.3. The summed E-state index contributed by atoms with van der Waals surface area (Å²) in [5.41, 5.74) is 1.21. The SMILES string of the molecule is CC(CC#N)c1cccc(C#N)n1. The molecule has 0 aromatic carbocycles. The number of pyridine rings is 1. The summed E-state index contributed by atoms with van der Waals surface area (Å²) in [6, 6.07) is 9.33. The third-order valence-corrected chi connectivity index (χ3v) is 1.79. The Hall–Kier alpha value is -1.87. The van der Waals surface area contributed by atoms with Crippen molar-refractivity contribution in [2.75, 3.05) is 0 Å². The van der Waals surface area contributed by atoms with Crippen molar-refractivity contribution in [2.45, 2.75) is 19.3 Å². The maximum Gasteiger partial charge on any atom is 0.140 e. The molecule has 0 aliphatic heterocycles. The molecule has 1 rings (SSSR count). The first kappa shape index (κ1) is 9.22. The quantitative estimate of drug-likeness (QED) is 0.683. The second-order valence-electron chi connectivity index (χ2n) is 2.82. The maximum absolute atomic E-state index is 8.60. The lowest BCUT2D eigenvalue weighted by atomic mass is 10.0. The molecule has 0 saturated heterocycles. The summed E-state index contributed by atoms with van der Waals surface area (Å²) in [5, 5.41) is 17.1. The summed E-state index contributed by atoms with van der Waals surface area (Å²) in [6.07, 6.45) is 0.432. The van der Waals surface area contributed by atoms with Gasteiger partial charge in [0.2, 0.25) is 0 Å². The average Bonchev–Trinajstić information content (AvgIpc) is 2.18. The second-order valence-corrected chi connectivity index (χ2v) is 2.82.